The lowest BCUT2D eigenvalue weighted by atomic mass is 9.45. The number of carbonyl (C=O) groups is 6. The highest BCUT2D eigenvalue weighted by Crippen LogP contribution is 2.65. The minimum Gasteiger partial charge on any atom is -0.460 e. The molecule has 2 unspecified atom stereocenters. The Morgan fingerprint density at radius 2 is 1.60 bits per heavy atom. The number of benzene rings is 1. The molecule has 0 radical (unpaired) electrons. The number of aliphatic hydroxyl groups excluding tert-OH is 2. The highest BCUT2D eigenvalue weighted by atomic mass is 16.8. The maximum atomic E-state index is 15.4. The lowest BCUT2D eigenvalue weighted by Crippen LogP contribution is -2.81. The summed E-state index contributed by atoms with van der Waals surface area (Å²) in [5.74, 6) is -7.32. The molecule has 1 aromatic rings. The van der Waals surface area contributed by atoms with Crippen molar-refractivity contribution >= 4 is 35.9 Å². The van der Waals surface area contributed by atoms with Gasteiger partial charge in [-0.05, 0) is 50.8 Å². The molecular weight excluding hydrogens is 786 g/mol. The van der Waals surface area contributed by atoms with Crippen molar-refractivity contribution in [2.45, 2.75) is 142 Å². The summed E-state index contributed by atoms with van der Waals surface area (Å²) in [5, 5.41) is 39.8. The van der Waals surface area contributed by atoms with E-state index in [0.29, 0.717) is 0 Å². The molecule has 3 aliphatic carbocycles. The summed E-state index contributed by atoms with van der Waals surface area (Å²) >= 11 is 0. The predicted octanol–water partition coefficient (Wildman–Crippen LogP) is 3.93. The molecular formula is C43H59NO16. The van der Waals surface area contributed by atoms with E-state index in [-0.39, 0.29) is 24.2 Å². The molecule has 17 heteroatoms. The third-order valence-corrected chi connectivity index (χ3v) is 12.7. The zero-order chi connectivity index (χ0) is 45.1. The number of hydrogen-bond donors (Lipinski definition) is 4. The van der Waals surface area contributed by atoms with Crippen molar-refractivity contribution in [2.75, 3.05) is 13.7 Å². The fourth-order valence-electron chi connectivity index (χ4n) is 9.51. The predicted molar refractivity (Wildman–Crippen MR) is 209 cm³/mol. The van der Waals surface area contributed by atoms with Gasteiger partial charge in [-0.15, -0.1) is 0 Å². The summed E-state index contributed by atoms with van der Waals surface area (Å²) in [4.78, 5) is 82.7. The van der Waals surface area contributed by atoms with Crippen LogP contribution in [0.2, 0.25) is 0 Å². The molecule has 1 aliphatic heterocycles. The van der Waals surface area contributed by atoms with Crippen molar-refractivity contribution in [1.82, 2.24) is 5.32 Å². The monoisotopic (exact) mass is 845 g/mol. The number of esters is 3. The van der Waals surface area contributed by atoms with Crippen LogP contribution < -0.4 is 5.32 Å². The second-order valence-electron chi connectivity index (χ2n) is 19.1. The SMILES string of the molecule is COC(=O)O[C@@]12CO[C@@H]1C[C@H](O)[C@@]1(C)C(=O)C(OC(C)=O)=C3C(C)[C@H](OC(=O)[C@H](O)[C@@H](NC(=O)OC(C)(C)C)C(C)(C)C)C[C@@](O)([C@@H](OC(=O)c4ccccc4)C12)C3(C)C. The third kappa shape index (κ3) is 8.00. The van der Waals surface area contributed by atoms with E-state index in [4.69, 9.17) is 33.2 Å². The lowest BCUT2D eigenvalue weighted by Gasteiger charge is -2.67. The van der Waals surface area contributed by atoms with Crippen LogP contribution in [0.1, 0.15) is 99.4 Å². The third-order valence-electron chi connectivity index (χ3n) is 12.7. The van der Waals surface area contributed by atoms with Crippen LogP contribution in [-0.4, -0.2) is 118 Å². The van der Waals surface area contributed by atoms with E-state index in [2.05, 4.69) is 5.32 Å². The summed E-state index contributed by atoms with van der Waals surface area (Å²) in [6.07, 6.45) is -10.9. The molecule has 0 aromatic heterocycles. The number of carbonyl (C=O) groups excluding carboxylic acids is 6. The van der Waals surface area contributed by atoms with Gasteiger partial charge in [0.25, 0.3) is 0 Å². The number of hydrogen-bond acceptors (Lipinski definition) is 16. The number of methoxy groups -OCH3 is 1. The zero-order valence-electron chi connectivity index (χ0n) is 36.3. The molecule has 1 heterocycles. The summed E-state index contributed by atoms with van der Waals surface area (Å²) in [6.45, 7) is 16.6. The Morgan fingerprint density at radius 1 is 0.983 bits per heavy atom. The van der Waals surface area contributed by atoms with Gasteiger partial charge in [0.15, 0.2) is 17.5 Å². The van der Waals surface area contributed by atoms with E-state index in [0.717, 1.165) is 14.0 Å². The molecule has 2 saturated carbocycles. The van der Waals surface area contributed by atoms with E-state index >= 15 is 4.79 Å². The average molecular weight is 846 g/mol. The molecule has 3 fully saturated rings. The van der Waals surface area contributed by atoms with Gasteiger partial charge in [-0.1, -0.05) is 59.7 Å². The summed E-state index contributed by atoms with van der Waals surface area (Å²) < 4.78 is 40.2. The van der Waals surface area contributed by atoms with Gasteiger partial charge < -0.3 is 53.8 Å². The van der Waals surface area contributed by atoms with Gasteiger partial charge in [0, 0.05) is 31.1 Å². The Kier molecular flexibility index (Phi) is 12.4. The van der Waals surface area contributed by atoms with Crippen LogP contribution in [0.5, 0.6) is 0 Å². The van der Waals surface area contributed by atoms with Crippen LogP contribution >= 0.6 is 0 Å². The van der Waals surface area contributed by atoms with E-state index in [1.807, 2.05) is 0 Å². The second-order valence-corrected chi connectivity index (χ2v) is 19.1. The van der Waals surface area contributed by atoms with E-state index in [1.165, 1.54) is 32.9 Å². The number of aliphatic hydroxyl groups is 3. The number of Topliss-reactive ketones (excluding diaryl/α,β-unsaturated/α-hetero) is 1. The lowest BCUT2D eigenvalue weighted by molar-refractivity contribution is -0.343. The van der Waals surface area contributed by atoms with Gasteiger partial charge in [0.05, 0.1) is 42.8 Å². The van der Waals surface area contributed by atoms with Crippen molar-refractivity contribution < 1.29 is 77.2 Å². The first-order chi connectivity index (χ1) is 27.6. The van der Waals surface area contributed by atoms with E-state index in [1.54, 1.807) is 66.7 Å². The summed E-state index contributed by atoms with van der Waals surface area (Å²) in [5.41, 5.74) is -9.96. The van der Waals surface area contributed by atoms with Crippen LogP contribution in [0.4, 0.5) is 9.59 Å². The first kappa shape index (κ1) is 46.5. The van der Waals surface area contributed by atoms with Gasteiger partial charge >= 0.3 is 30.2 Å². The number of amides is 1. The molecule has 332 valence electrons. The van der Waals surface area contributed by atoms with Crippen molar-refractivity contribution in [2.24, 2.45) is 28.1 Å². The van der Waals surface area contributed by atoms with Crippen LogP contribution in [0.25, 0.3) is 0 Å². The largest absolute Gasteiger partial charge is 0.508 e. The van der Waals surface area contributed by atoms with Gasteiger partial charge in [-0.2, -0.15) is 0 Å². The standard InChI is InChI=1S/C43H59NO16/c1-21-24(57-35(50)28(47)31(38(3,4)5)44-36(51)59-39(6,7)8)19-43(53)33(58-34(49)23-16-14-13-15-17-23)30-41(11,32(48)29(56-22(2)45)27(21)40(43,9)10)25(46)18-26-42(30,20-55-26)60-37(52)54-12/h13-17,21,24-26,28,30-31,33,46-47,53H,18-20H2,1-12H3,(H,44,51)/t21?,24-,25+,26-,28-,30?,31-,33+,41-,42+,43-/m1/s1. The molecule has 2 bridgehead atoms. The first-order valence-corrected chi connectivity index (χ1v) is 20.0. The number of rotatable bonds is 8. The molecule has 1 saturated heterocycles. The van der Waals surface area contributed by atoms with Gasteiger partial charge in [-0.25, -0.2) is 19.2 Å². The number of ketones is 1. The highest BCUT2D eigenvalue weighted by molar-refractivity contribution is 6.02. The number of fused-ring (bicyclic) bond motifs is 5. The summed E-state index contributed by atoms with van der Waals surface area (Å²) in [6, 6.07) is 6.50. The Morgan fingerprint density at radius 3 is 2.12 bits per heavy atom. The maximum absolute atomic E-state index is 15.4. The first-order valence-electron chi connectivity index (χ1n) is 20.0. The quantitative estimate of drug-likeness (QED) is 0.214. The van der Waals surface area contributed by atoms with Crippen molar-refractivity contribution in [3.8, 4) is 0 Å². The topological polar surface area (TPSA) is 240 Å². The summed E-state index contributed by atoms with van der Waals surface area (Å²) in [7, 11) is 1.06. The Balaban J connectivity index is 1.74. The van der Waals surface area contributed by atoms with Crippen molar-refractivity contribution in [1.29, 1.82) is 0 Å². The highest BCUT2D eigenvalue weighted by Gasteiger charge is 2.78. The number of nitrogens with one attached hydrogen (secondary N) is 1. The maximum Gasteiger partial charge on any atom is 0.508 e. The zero-order valence-corrected chi connectivity index (χ0v) is 36.3. The Hall–Kier alpha value is -4.58. The van der Waals surface area contributed by atoms with Crippen molar-refractivity contribution in [3.63, 3.8) is 0 Å². The number of allylic oxidation sites excluding steroid dienone is 1. The molecule has 4 aliphatic rings. The van der Waals surface area contributed by atoms with Crippen LogP contribution in [0.15, 0.2) is 41.7 Å². The van der Waals surface area contributed by atoms with Crippen molar-refractivity contribution in [3.05, 3.63) is 47.2 Å². The normalized spacial score (nSPS) is 33.1. The molecule has 17 nitrogen and oxygen atoms in total. The van der Waals surface area contributed by atoms with Gasteiger partial charge in [0.2, 0.25) is 5.78 Å². The fourth-order valence-corrected chi connectivity index (χ4v) is 9.51. The minimum atomic E-state index is -2.42. The molecule has 1 amide bonds. The van der Waals surface area contributed by atoms with E-state index in [9.17, 15) is 39.3 Å². The Bertz CT molecular complexity index is 1910. The van der Waals surface area contributed by atoms with Gasteiger partial charge in [-0.3, -0.25) is 9.59 Å². The van der Waals surface area contributed by atoms with E-state index < -0.39 is 130 Å². The number of alkyl carbamates (subject to hydrolysis) is 1. The molecule has 11 atom stereocenters. The van der Waals surface area contributed by atoms with Gasteiger partial charge in [0.1, 0.15) is 29.5 Å². The molecule has 5 rings (SSSR count). The fraction of sp³-hybridized carbons (Fsp3) is 0.674. The second kappa shape index (κ2) is 16.0. The molecule has 60 heavy (non-hydrogen) atoms. The molecule has 4 N–H and O–H groups in total. The average Bonchev–Trinajstić information content (AvgIpc) is 3.13. The Labute approximate surface area is 349 Å². The van der Waals surface area contributed by atoms with Crippen LogP contribution in [-0.2, 0) is 47.5 Å². The smallest absolute Gasteiger partial charge is 0.460 e. The molecule has 1 aromatic carbocycles. The number of ether oxygens (including phenoxy) is 7. The van der Waals surface area contributed by atoms with Crippen LogP contribution in [0, 0.1) is 28.1 Å². The molecule has 0 spiro atoms. The minimum absolute atomic E-state index is 0.0226. The van der Waals surface area contributed by atoms with Crippen LogP contribution in [0.3, 0.4) is 0 Å².